The lowest BCUT2D eigenvalue weighted by molar-refractivity contribution is 0.0994. The molecular formula is C21H18N4O. The summed E-state index contributed by atoms with van der Waals surface area (Å²) in [4.78, 5) is 19.3. The van der Waals surface area contributed by atoms with Crippen LogP contribution in [-0.2, 0) is 7.05 Å². The van der Waals surface area contributed by atoms with Gasteiger partial charge < -0.3 is 4.90 Å². The van der Waals surface area contributed by atoms with Gasteiger partial charge in [-0.1, -0.05) is 24.3 Å². The van der Waals surface area contributed by atoms with Crippen molar-refractivity contribution in [1.82, 2.24) is 14.8 Å². The molecule has 0 saturated carbocycles. The molecule has 4 aromatic rings. The molecule has 4 rings (SSSR count). The first-order valence-electron chi connectivity index (χ1n) is 8.34. The second-order valence-corrected chi connectivity index (χ2v) is 6.20. The topological polar surface area (TPSA) is 51.0 Å². The Morgan fingerprint density at radius 3 is 2.54 bits per heavy atom. The van der Waals surface area contributed by atoms with E-state index in [0.717, 1.165) is 27.7 Å². The Balaban J connectivity index is 1.80. The summed E-state index contributed by atoms with van der Waals surface area (Å²) in [7, 11) is 3.66. The zero-order valence-corrected chi connectivity index (χ0v) is 14.6. The lowest BCUT2D eigenvalue weighted by Crippen LogP contribution is -2.26. The van der Waals surface area contributed by atoms with Gasteiger partial charge >= 0.3 is 0 Å². The van der Waals surface area contributed by atoms with Crippen LogP contribution in [-0.4, -0.2) is 27.7 Å². The van der Waals surface area contributed by atoms with Crippen LogP contribution < -0.4 is 4.90 Å². The molecular weight excluding hydrogens is 324 g/mol. The average Bonchev–Trinajstić information content (AvgIpc) is 3.13. The number of nitrogens with zero attached hydrogens (tertiary/aromatic N) is 4. The summed E-state index contributed by atoms with van der Waals surface area (Å²) in [6, 6.07) is 17.3. The highest BCUT2D eigenvalue weighted by atomic mass is 16.2. The van der Waals surface area contributed by atoms with Crippen molar-refractivity contribution in [3.05, 3.63) is 78.8 Å². The molecule has 0 saturated heterocycles. The molecule has 2 aromatic heterocycles. The van der Waals surface area contributed by atoms with Crippen molar-refractivity contribution >= 4 is 22.5 Å². The first kappa shape index (κ1) is 16.0. The minimum absolute atomic E-state index is 0.0630. The summed E-state index contributed by atoms with van der Waals surface area (Å²) >= 11 is 0. The molecule has 128 valence electrons. The van der Waals surface area contributed by atoms with Crippen LogP contribution in [0.1, 0.15) is 10.4 Å². The number of anilines is 1. The molecule has 2 heterocycles. The van der Waals surface area contributed by atoms with Gasteiger partial charge in [0.25, 0.3) is 5.91 Å². The normalized spacial score (nSPS) is 10.8. The Morgan fingerprint density at radius 1 is 1.00 bits per heavy atom. The predicted molar refractivity (Wildman–Crippen MR) is 103 cm³/mol. The van der Waals surface area contributed by atoms with Crippen LogP contribution in [0.5, 0.6) is 0 Å². The van der Waals surface area contributed by atoms with Gasteiger partial charge in [-0.2, -0.15) is 5.10 Å². The molecule has 5 heteroatoms. The maximum atomic E-state index is 13.1. The Bertz CT molecular complexity index is 1090. The van der Waals surface area contributed by atoms with Crippen LogP contribution in [0.15, 0.2) is 73.2 Å². The fraction of sp³-hybridized carbons (Fsp3) is 0.0952. The summed E-state index contributed by atoms with van der Waals surface area (Å²) in [5.74, 6) is -0.0630. The van der Waals surface area contributed by atoms with E-state index in [9.17, 15) is 4.79 Å². The van der Waals surface area contributed by atoms with E-state index in [2.05, 4.69) is 10.1 Å². The number of hydrogen-bond acceptors (Lipinski definition) is 3. The first-order chi connectivity index (χ1) is 12.6. The number of para-hydroxylation sites is 1. The number of hydrogen-bond donors (Lipinski definition) is 0. The molecule has 0 radical (unpaired) electrons. The first-order valence-corrected chi connectivity index (χ1v) is 8.34. The van der Waals surface area contributed by atoms with Gasteiger partial charge in [-0.3, -0.25) is 14.5 Å². The third kappa shape index (κ3) is 2.84. The van der Waals surface area contributed by atoms with Crippen LogP contribution >= 0.6 is 0 Å². The lowest BCUT2D eigenvalue weighted by Gasteiger charge is -2.18. The smallest absolute Gasteiger partial charge is 0.258 e. The summed E-state index contributed by atoms with van der Waals surface area (Å²) < 4.78 is 1.75. The highest BCUT2D eigenvalue weighted by Crippen LogP contribution is 2.26. The van der Waals surface area contributed by atoms with E-state index in [1.165, 1.54) is 0 Å². The van der Waals surface area contributed by atoms with Crippen molar-refractivity contribution < 1.29 is 4.79 Å². The van der Waals surface area contributed by atoms with Crippen molar-refractivity contribution in [2.45, 2.75) is 0 Å². The van der Waals surface area contributed by atoms with E-state index in [4.69, 9.17) is 0 Å². The molecule has 0 N–H and O–H groups in total. The summed E-state index contributed by atoms with van der Waals surface area (Å²) in [5, 5.41) is 5.05. The van der Waals surface area contributed by atoms with Gasteiger partial charge in [-0.05, 0) is 30.3 Å². The minimum Gasteiger partial charge on any atom is -0.311 e. The monoisotopic (exact) mass is 342 g/mol. The van der Waals surface area contributed by atoms with Crippen LogP contribution in [0.25, 0.3) is 22.0 Å². The summed E-state index contributed by atoms with van der Waals surface area (Å²) in [6.07, 6.45) is 5.54. The van der Waals surface area contributed by atoms with E-state index in [0.29, 0.717) is 5.56 Å². The summed E-state index contributed by atoms with van der Waals surface area (Å²) in [6.45, 7) is 0. The highest BCUT2D eigenvalue weighted by molar-refractivity contribution is 6.13. The second kappa shape index (κ2) is 6.44. The molecule has 5 nitrogen and oxygen atoms in total. The van der Waals surface area contributed by atoms with Gasteiger partial charge in [-0.15, -0.1) is 0 Å². The molecule has 0 spiro atoms. The van der Waals surface area contributed by atoms with E-state index in [1.807, 2.05) is 74.0 Å². The van der Waals surface area contributed by atoms with Crippen molar-refractivity contribution in [3.8, 4) is 11.1 Å². The number of pyridine rings is 1. The Morgan fingerprint density at radius 2 is 1.81 bits per heavy atom. The van der Waals surface area contributed by atoms with E-state index < -0.39 is 0 Å². The van der Waals surface area contributed by atoms with Crippen LogP contribution in [0.2, 0.25) is 0 Å². The highest BCUT2D eigenvalue weighted by Gasteiger charge is 2.17. The second-order valence-electron chi connectivity index (χ2n) is 6.20. The molecule has 0 bridgehead atoms. The van der Waals surface area contributed by atoms with E-state index in [1.54, 1.807) is 22.8 Å². The SMILES string of the molecule is CN(C(=O)c1cccc2ncc(-c3cnn(C)c3)cc12)c1ccccc1. The zero-order valence-electron chi connectivity index (χ0n) is 14.6. The molecule has 0 fully saturated rings. The maximum absolute atomic E-state index is 13.1. The van der Waals surface area contributed by atoms with Gasteiger partial charge in [0.1, 0.15) is 0 Å². The molecule has 0 aliphatic rings. The van der Waals surface area contributed by atoms with Gasteiger partial charge in [0.05, 0.1) is 11.7 Å². The number of benzene rings is 2. The average molecular weight is 342 g/mol. The number of carbonyl (C=O) groups is 1. The van der Waals surface area contributed by atoms with Crippen LogP contribution in [0, 0.1) is 0 Å². The quantitative estimate of drug-likeness (QED) is 0.567. The van der Waals surface area contributed by atoms with Gasteiger partial charge in [0.2, 0.25) is 0 Å². The lowest BCUT2D eigenvalue weighted by atomic mass is 10.0. The molecule has 1 amide bonds. The number of fused-ring (bicyclic) bond motifs is 1. The van der Waals surface area contributed by atoms with Crippen molar-refractivity contribution in [2.75, 3.05) is 11.9 Å². The van der Waals surface area contributed by atoms with Crippen LogP contribution in [0.3, 0.4) is 0 Å². The Kier molecular flexibility index (Phi) is 3.97. The Labute approximate surface area is 151 Å². The number of aromatic nitrogens is 3. The van der Waals surface area contributed by atoms with Gasteiger partial charge in [0.15, 0.2) is 0 Å². The van der Waals surface area contributed by atoms with E-state index >= 15 is 0 Å². The van der Waals surface area contributed by atoms with Crippen molar-refractivity contribution in [3.63, 3.8) is 0 Å². The number of amides is 1. The maximum Gasteiger partial charge on any atom is 0.258 e. The van der Waals surface area contributed by atoms with Crippen LogP contribution in [0.4, 0.5) is 5.69 Å². The Hall–Kier alpha value is -3.47. The third-order valence-corrected chi connectivity index (χ3v) is 4.44. The van der Waals surface area contributed by atoms with E-state index in [-0.39, 0.29) is 5.91 Å². The van der Waals surface area contributed by atoms with Gasteiger partial charge in [0, 0.05) is 54.3 Å². The molecule has 2 aromatic carbocycles. The predicted octanol–water partition coefficient (Wildman–Crippen LogP) is 3.91. The molecule has 0 aliphatic heterocycles. The van der Waals surface area contributed by atoms with Crippen molar-refractivity contribution in [2.24, 2.45) is 7.05 Å². The molecule has 0 aliphatic carbocycles. The molecule has 0 unspecified atom stereocenters. The third-order valence-electron chi connectivity index (χ3n) is 4.44. The number of aryl methyl sites for hydroxylation is 1. The number of carbonyl (C=O) groups excluding carboxylic acids is 1. The van der Waals surface area contributed by atoms with Crippen molar-refractivity contribution in [1.29, 1.82) is 0 Å². The zero-order chi connectivity index (χ0) is 18.1. The summed E-state index contributed by atoms with van der Waals surface area (Å²) in [5.41, 5.74) is 4.19. The minimum atomic E-state index is -0.0630. The largest absolute Gasteiger partial charge is 0.311 e. The fourth-order valence-electron chi connectivity index (χ4n) is 3.01. The fourth-order valence-corrected chi connectivity index (χ4v) is 3.01. The number of rotatable bonds is 3. The van der Waals surface area contributed by atoms with Gasteiger partial charge in [-0.25, -0.2) is 0 Å². The molecule has 26 heavy (non-hydrogen) atoms. The molecule has 0 atom stereocenters. The standard InChI is InChI=1S/C21H18N4O/c1-24-14-16(13-23-24)15-11-19-18(9-6-10-20(19)22-12-15)21(26)25(2)17-7-4-3-5-8-17/h3-14H,1-2H3.